The molecule has 2 aliphatic heterocycles. The van der Waals surface area contributed by atoms with Crippen LogP contribution in [0.4, 0.5) is 11.6 Å². The van der Waals surface area contributed by atoms with Gasteiger partial charge in [-0.05, 0) is 13.2 Å². The van der Waals surface area contributed by atoms with Gasteiger partial charge in [0.25, 0.3) is 0 Å². The van der Waals surface area contributed by atoms with Gasteiger partial charge >= 0.3 is 29.0 Å². The molecule has 0 amide bonds. The minimum Gasteiger partial charge on any atom is -0.463 e. The van der Waals surface area contributed by atoms with E-state index >= 15 is 0 Å². The van der Waals surface area contributed by atoms with E-state index in [0.717, 1.165) is 0 Å². The number of aromatic amines is 1. The summed E-state index contributed by atoms with van der Waals surface area (Å²) in [7, 11) is 0. The summed E-state index contributed by atoms with van der Waals surface area (Å²) in [6.45, 7) is 4.79. The van der Waals surface area contributed by atoms with E-state index < -0.39 is 53.1 Å². The van der Waals surface area contributed by atoms with Crippen molar-refractivity contribution in [1.29, 1.82) is 0 Å². The number of rotatable bonds is 5. The van der Waals surface area contributed by atoms with E-state index in [4.69, 9.17) is 18.9 Å². The molecule has 0 aliphatic carbocycles. The van der Waals surface area contributed by atoms with Gasteiger partial charge in [0.15, 0.2) is 28.9 Å². The molecule has 2 aromatic rings. The van der Waals surface area contributed by atoms with Crippen LogP contribution in [0, 0.1) is 0 Å². The van der Waals surface area contributed by atoms with Crippen LogP contribution in [0.5, 0.6) is 0 Å². The smallest absolute Gasteiger partial charge is 0.337 e. The van der Waals surface area contributed by atoms with E-state index in [0.29, 0.717) is 10.6 Å². The molecule has 4 heterocycles. The number of carbonyl (C=O) groups excluding carboxylic acids is 3. The lowest BCUT2D eigenvalue weighted by molar-refractivity contribution is -0.184. The summed E-state index contributed by atoms with van der Waals surface area (Å²) in [5, 5.41) is 3.59. The largest absolute Gasteiger partial charge is 0.463 e. The molecule has 0 spiro atoms. The monoisotopic (exact) mass is 521 g/mol. The van der Waals surface area contributed by atoms with Gasteiger partial charge in [0.2, 0.25) is 0 Å². The highest BCUT2D eigenvalue weighted by atomic mass is 32.2. The second-order valence-electron chi connectivity index (χ2n) is 8.25. The fourth-order valence-electron chi connectivity index (χ4n) is 4.27. The van der Waals surface area contributed by atoms with Gasteiger partial charge in [0.05, 0.1) is 10.9 Å². The zero-order valence-corrected chi connectivity index (χ0v) is 20.8. The lowest BCUT2D eigenvalue weighted by Crippen LogP contribution is -2.50. The van der Waals surface area contributed by atoms with Crippen LogP contribution < -0.4 is 16.4 Å². The maximum Gasteiger partial charge on any atom is 0.337 e. The topological polar surface area (TPSA) is 180 Å². The fraction of sp³-hybridized carbons (Fsp3) is 0.476. The van der Waals surface area contributed by atoms with Gasteiger partial charge < -0.3 is 29.2 Å². The molecule has 2 N–H and O–H groups in total. The molecule has 2 aliphatic rings. The van der Waals surface area contributed by atoms with Crippen LogP contribution in [0.1, 0.15) is 33.9 Å². The van der Waals surface area contributed by atoms with Gasteiger partial charge in [-0.1, -0.05) is 11.8 Å². The Morgan fingerprint density at radius 1 is 1.19 bits per heavy atom. The molecule has 0 saturated carbocycles. The fourth-order valence-corrected chi connectivity index (χ4v) is 4.65. The molecule has 0 bridgehead atoms. The lowest BCUT2D eigenvalue weighted by atomic mass is 9.95. The zero-order chi connectivity index (χ0) is 26.4. The number of H-pyrrole nitrogens is 1. The molecule has 1 fully saturated rings. The second kappa shape index (κ2) is 9.39. The number of hydrogen-bond donors (Lipinski definition) is 2. The molecule has 4 atom stereocenters. The number of ether oxygens (including phenoxy) is 4. The molecule has 0 aromatic carbocycles. The molecule has 15 heteroatoms. The molecule has 1 saturated heterocycles. The molecule has 0 radical (unpaired) electrons. The van der Waals surface area contributed by atoms with E-state index in [2.05, 4.69) is 20.3 Å². The van der Waals surface area contributed by atoms with Crippen molar-refractivity contribution in [2.75, 3.05) is 18.2 Å². The molecule has 4 rings (SSSR count). The normalized spacial score (nSPS) is 24.6. The predicted octanol–water partition coefficient (Wildman–Crippen LogP) is 0.575. The Morgan fingerprint density at radius 3 is 2.53 bits per heavy atom. The quantitative estimate of drug-likeness (QED) is 0.318. The Hall–Kier alpha value is -3.72. The Balaban J connectivity index is 1.95. The summed E-state index contributed by atoms with van der Waals surface area (Å²) >= 11 is 1.23. The molecule has 192 valence electrons. The highest BCUT2D eigenvalue weighted by Crippen LogP contribution is 2.47. The van der Waals surface area contributed by atoms with E-state index in [-0.39, 0.29) is 23.8 Å². The molecule has 2 aromatic heterocycles. The van der Waals surface area contributed by atoms with E-state index in [1.165, 1.54) is 50.2 Å². The molecular weight excluding hydrogens is 498 g/mol. The number of esters is 3. The Kier molecular flexibility index (Phi) is 6.62. The van der Waals surface area contributed by atoms with Crippen molar-refractivity contribution in [3.05, 3.63) is 26.9 Å². The van der Waals surface area contributed by atoms with Gasteiger partial charge in [0, 0.05) is 27.0 Å². The molecule has 14 nitrogen and oxygen atoms in total. The Bertz CT molecular complexity index is 1420. The highest BCUT2D eigenvalue weighted by Gasteiger charge is 2.60. The van der Waals surface area contributed by atoms with Crippen LogP contribution in [0.3, 0.4) is 0 Å². The number of nitrogens with one attached hydrogen (secondary N) is 2. The van der Waals surface area contributed by atoms with E-state index in [1.807, 2.05) is 0 Å². The van der Waals surface area contributed by atoms with Crippen molar-refractivity contribution in [3.8, 4) is 0 Å². The average Bonchev–Trinajstić information content (AvgIpc) is 3.22. The van der Waals surface area contributed by atoms with Crippen LogP contribution in [0.25, 0.3) is 10.9 Å². The number of amidine groups is 1. The number of aliphatic imine (C=N–C) groups is 1. The minimum atomic E-state index is -1.62. The Morgan fingerprint density at radius 2 is 1.92 bits per heavy atom. The SMILES string of the molecule is CSC1=Nc2c3c(nc(=O)c(=O)[nH]c3cn2C2O[C@H](COC(C)=O)[C@@H](OC(C)=O)[C@]2(C)OC(C)=O)N1. The number of anilines is 1. The van der Waals surface area contributed by atoms with Gasteiger partial charge in [0.1, 0.15) is 18.5 Å². The van der Waals surface area contributed by atoms with Crippen LogP contribution in [-0.2, 0) is 33.3 Å². The number of nitrogens with zero attached hydrogens (tertiary/aromatic N) is 3. The minimum absolute atomic E-state index is 0.0987. The number of carbonyl (C=O) groups is 3. The van der Waals surface area contributed by atoms with Crippen LogP contribution in [0.2, 0.25) is 0 Å². The predicted molar refractivity (Wildman–Crippen MR) is 127 cm³/mol. The van der Waals surface area contributed by atoms with Gasteiger partial charge in [-0.3, -0.25) is 28.5 Å². The van der Waals surface area contributed by atoms with Crippen molar-refractivity contribution < 1.29 is 33.3 Å². The first-order chi connectivity index (χ1) is 16.9. The van der Waals surface area contributed by atoms with Crippen LogP contribution in [-0.4, -0.2) is 68.3 Å². The Labute approximate surface area is 207 Å². The van der Waals surface area contributed by atoms with E-state index in [9.17, 15) is 24.0 Å². The van der Waals surface area contributed by atoms with Gasteiger partial charge in [-0.25, -0.2) is 4.99 Å². The summed E-state index contributed by atoms with van der Waals surface area (Å²) in [5.41, 5.74) is -3.36. The average molecular weight is 522 g/mol. The standard InChI is InChI=1S/C21H23N5O9S/c1-8(27)32-7-12-14(33-9(2)28)21(4,35-10(3)29)19(34-12)26-6-11-13-15(23-18(31)17(30)22-11)24-20(36-5)25-16(13)26/h6,12,14,19H,7H2,1-5H3,(H,22,30)(H,23,24,25,31)/t12-,14-,19?,21+/m1/s1. The summed E-state index contributed by atoms with van der Waals surface area (Å²) in [4.78, 5) is 70.8. The summed E-state index contributed by atoms with van der Waals surface area (Å²) in [6.07, 6.45) is -0.151. The van der Waals surface area contributed by atoms with Crippen LogP contribution in [0.15, 0.2) is 20.8 Å². The second-order valence-corrected chi connectivity index (χ2v) is 9.05. The third kappa shape index (κ3) is 4.46. The number of hydrogen-bond acceptors (Lipinski definition) is 13. The van der Waals surface area contributed by atoms with E-state index in [1.54, 1.807) is 6.26 Å². The van der Waals surface area contributed by atoms with Crippen molar-refractivity contribution in [3.63, 3.8) is 0 Å². The highest BCUT2D eigenvalue weighted by molar-refractivity contribution is 8.13. The molecule has 36 heavy (non-hydrogen) atoms. The van der Waals surface area contributed by atoms with Crippen molar-refractivity contribution >= 4 is 57.4 Å². The lowest BCUT2D eigenvalue weighted by Gasteiger charge is -2.34. The van der Waals surface area contributed by atoms with Gasteiger partial charge in [-0.2, -0.15) is 4.98 Å². The third-order valence-electron chi connectivity index (χ3n) is 5.58. The third-order valence-corrected chi connectivity index (χ3v) is 6.16. The van der Waals surface area contributed by atoms with Crippen molar-refractivity contribution in [1.82, 2.24) is 14.5 Å². The van der Waals surface area contributed by atoms with Crippen molar-refractivity contribution in [2.45, 2.75) is 51.7 Å². The first kappa shape index (κ1) is 25.4. The molecule has 1 unspecified atom stereocenters. The number of thioether (sulfide) groups is 1. The summed E-state index contributed by atoms with van der Waals surface area (Å²) < 4.78 is 23.9. The first-order valence-corrected chi connectivity index (χ1v) is 11.9. The maximum atomic E-state index is 12.2. The maximum absolute atomic E-state index is 12.2. The summed E-state index contributed by atoms with van der Waals surface area (Å²) in [5.74, 6) is -1.61. The van der Waals surface area contributed by atoms with Crippen LogP contribution >= 0.6 is 11.8 Å². The van der Waals surface area contributed by atoms with Crippen molar-refractivity contribution in [2.24, 2.45) is 4.99 Å². The number of aromatic nitrogens is 3. The summed E-state index contributed by atoms with van der Waals surface area (Å²) in [6, 6.07) is 0. The molecular formula is C21H23N5O9S. The first-order valence-electron chi connectivity index (χ1n) is 10.7. The van der Waals surface area contributed by atoms with Gasteiger partial charge in [-0.15, -0.1) is 0 Å². The zero-order valence-electron chi connectivity index (χ0n) is 19.9.